The molecule has 0 bridgehead atoms. The van der Waals surface area contributed by atoms with Crippen molar-refractivity contribution in [3.63, 3.8) is 0 Å². The Bertz CT molecular complexity index is 330. The lowest BCUT2D eigenvalue weighted by Crippen LogP contribution is -2.07. The predicted octanol–water partition coefficient (Wildman–Crippen LogP) is 5.80. The molecule has 0 N–H and O–H groups in total. The predicted molar refractivity (Wildman–Crippen MR) is 87.8 cm³/mol. The van der Waals surface area contributed by atoms with Gasteiger partial charge in [0.15, 0.2) is 0 Å². The number of ether oxygens (including phenoxy) is 1. The van der Waals surface area contributed by atoms with E-state index in [1.54, 1.807) is 0 Å². The highest BCUT2D eigenvalue weighted by molar-refractivity contribution is 14.1. The summed E-state index contributed by atoms with van der Waals surface area (Å²) in [5.41, 5.74) is 1.19. The Morgan fingerprint density at radius 3 is 2.67 bits per heavy atom. The van der Waals surface area contributed by atoms with E-state index in [0.29, 0.717) is 0 Å². The van der Waals surface area contributed by atoms with Gasteiger partial charge < -0.3 is 4.74 Å². The number of alkyl halides is 1. The van der Waals surface area contributed by atoms with Gasteiger partial charge in [0.05, 0.1) is 6.10 Å². The second kappa shape index (κ2) is 10.0. The van der Waals surface area contributed by atoms with Gasteiger partial charge in [0.25, 0.3) is 0 Å². The first-order valence-electron chi connectivity index (χ1n) is 6.71. The van der Waals surface area contributed by atoms with Crippen LogP contribution in [-0.2, 0) is 4.74 Å². The van der Waals surface area contributed by atoms with E-state index in [1.165, 1.54) is 31.2 Å². The Kier molecular flexibility index (Phi) is 9.07. The van der Waals surface area contributed by atoms with Gasteiger partial charge in [-0.3, -0.25) is 0 Å². The maximum Gasteiger partial charge on any atom is 0.0914 e. The van der Waals surface area contributed by atoms with Gasteiger partial charge in [-0.05, 0) is 24.1 Å². The molecule has 18 heavy (non-hydrogen) atoms. The first kappa shape index (κ1) is 16.3. The molecule has 1 aromatic carbocycles. The van der Waals surface area contributed by atoms with E-state index in [1.807, 2.05) is 18.2 Å². The highest BCUT2D eigenvalue weighted by Gasteiger charge is 2.10. The minimum Gasteiger partial charge on any atom is -0.373 e. The fraction of sp³-hybridized carbons (Fsp3) is 0.600. The molecule has 0 heterocycles. The van der Waals surface area contributed by atoms with Crippen LogP contribution in [0.5, 0.6) is 0 Å². The monoisotopic (exact) mass is 380 g/mol. The van der Waals surface area contributed by atoms with Crippen molar-refractivity contribution in [1.29, 1.82) is 0 Å². The zero-order chi connectivity index (χ0) is 13.2. The third-order valence-electron chi connectivity index (χ3n) is 2.93. The number of benzene rings is 1. The molecule has 0 aliphatic heterocycles. The summed E-state index contributed by atoms with van der Waals surface area (Å²) in [6.07, 6.45) is 6.57. The highest BCUT2D eigenvalue weighted by atomic mass is 127. The molecule has 0 fully saturated rings. The van der Waals surface area contributed by atoms with Crippen molar-refractivity contribution in [2.75, 3.05) is 11.0 Å². The summed E-state index contributed by atoms with van der Waals surface area (Å²) in [6.45, 7) is 3.09. The lowest BCUT2D eigenvalue weighted by Gasteiger charge is -2.16. The number of unbranched alkanes of at least 4 members (excludes halogenated alkanes) is 4. The molecule has 0 saturated carbocycles. The molecule has 3 heteroatoms. The number of rotatable bonds is 9. The van der Waals surface area contributed by atoms with Gasteiger partial charge in [0.2, 0.25) is 0 Å². The topological polar surface area (TPSA) is 9.23 Å². The summed E-state index contributed by atoms with van der Waals surface area (Å²) in [4.78, 5) is 0. The van der Waals surface area contributed by atoms with Crippen LogP contribution in [0.4, 0.5) is 0 Å². The van der Waals surface area contributed by atoms with E-state index in [-0.39, 0.29) is 6.10 Å². The van der Waals surface area contributed by atoms with Gasteiger partial charge >= 0.3 is 0 Å². The molecule has 0 aromatic heterocycles. The Labute approximate surface area is 129 Å². The van der Waals surface area contributed by atoms with Crippen molar-refractivity contribution >= 4 is 34.2 Å². The maximum absolute atomic E-state index is 6.01. The summed E-state index contributed by atoms with van der Waals surface area (Å²) in [5, 5.41) is 0.786. The Balaban J connectivity index is 2.29. The van der Waals surface area contributed by atoms with Gasteiger partial charge in [-0.2, -0.15) is 0 Å². The molecule has 1 unspecified atom stereocenters. The fourth-order valence-electron chi connectivity index (χ4n) is 1.87. The van der Waals surface area contributed by atoms with Gasteiger partial charge in [0.1, 0.15) is 0 Å². The molecule has 1 aromatic rings. The van der Waals surface area contributed by atoms with Crippen molar-refractivity contribution < 1.29 is 4.74 Å². The van der Waals surface area contributed by atoms with Crippen molar-refractivity contribution in [2.24, 2.45) is 0 Å². The summed E-state index contributed by atoms with van der Waals surface area (Å²) in [7, 11) is 0. The highest BCUT2D eigenvalue weighted by Crippen LogP contribution is 2.23. The van der Waals surface area contributed by atoms with E-state index >= 15 is 0 Å². The van der Waals surface area contributed by atoms with Crippen LogP contribution in [-0.4, -0.2) is 11.0 Å². The SMILES string of the molecule is CCCCCCCOC(CI)c1cccc(Cl)c1. The molecule has 1 nitrogen and oxygen atoms in total. The average molecular weight is 381 g/mol. The third kappa shape index (κ3) is 6.39. The van der Waals surface area contributed by atoms with E-state index in [9.17, 15) is 0 Å². The summed E-state index contributed by atoms with van der Waals surface area (Å²) < 4.78 is 6.91. The molecular weight excluding hydrogens is 359 g/mol. The van der Waals surface area contributed by atoms with E-state index in [4.69, 9.17) is 16.3 Å². The summed E-state index contributed by atoms with van der Waals surface area (Å²) >= 11 is 8.38. The number of hydrogen-bond donors (Lipinski definition) is 0. The van der Waals surface area contributed by atoms with Crippen LogP contribution in [0.2, 0.25) is 5.02 Å². The first-order valence-corrected chi connectivity index (χ1v) is 8.61. The van der Waals surface area contributed by atoms with Crippen LogP contribution < -0.4 is 0 Å². The zero-order valence-electron chi connectivity index (χ0n) is 11.0. The normalized spacial score (nSPS) is 12.6. The molecular formula is C15H22ClIO. The molecule has 102 valence electrons. The van der Waals surface area contributed by atoms with Gasteiger partial charge in [-0.1, -0.05) is 78.9 Å². The minimum atomic E-state index is 0.176. The Morgan fingerprint density at radius 2 is 2.00 bits per heavy atom. The second-order valence-electron chi connectivity index (χ2n) is 4.48. The summed E-state index contributed by atoms with van der Waals surface area (Å²) in [5.74, 6) is 0. The number of halogens is 2. The number of hydrogen-bond acceptors (Lipinski definition) is 1. The van der Waals surface area contributed by atoms with E-state index in [2.05, 4.69) is 35.6 Å². The van der Waals surface area contributed by atoms with Crippen molar-refractivity contribution in [3.8, 4) is 0 Å². The van der Waals surface area contributed by atoms with Crippen molar-refractivity contribution in [1.82, 2.24) is 0 Å². The molecule has 0 amide bonds. The minimum absolute atomic E-state index is 0.176. The molecule has 1 rings (SSSR count). The molecule has 0 aliphatic rings. The van der Waals surface area contributed by atoms with E-state index in [0.717, 1.165) is 22.5 Å². The third-order valence-corrected chi connectivity index (χ3v) is 3.96. The van der Waals surface area contributed by atoms with Gasteiger partial charge in [-0.15, -0.1) is 0 Å². The van der Waals surface area contributed by atoms with Crippen LogP contribution in [0.3, 0.4) is 0 Å². The van der Waals surface area contributed by atoms with Crippen LogP contribution in [0.25, 0.3) is 0 Å². The van der Waals surface area contributed by atoms with Crippen LogP contribution in [0.15, 0.2) is 24.3 Å². The molecule has 0 saturated heterocycles. The van der Waals surface area contributed by atoms with Crippen LogP contribution >= 0.6 is 34.2 Å². The van der Waals surface area contributed by atoms with Gasteiger partial charge in [0, 0.05) is 16.1 Å². The zero-order valence-corrected chi connectivity index (χ0v) is 13.9. The smallest absolute Gasteiger partial charge is 0.0914 e. The molecule has 0 radical (unpaired) electrons. The summed E-state index contributed by atoms with van der Waals surface area (Å²) in [6, 6.07) is 7.98. The quantitative estimate of drug-likeness (QED) is 0.299. The van der Waals surface area contributed by atoms with Crippen LogP contribution in [0.1, 0.15) is 50.7 Å². The molecule has 0 aliphatic carbocycles. The average Bonchev–Trinajstić information content (AvgIpc) is 2.38. The van der Waals surface area contributed by atoms with Gasteiger partial charge in [-0.25, -0.2) is 0 Å². The molecule has 0 spiro atoms. The van der Waals surface area contributed by atoms with Crippen molar-refractivity contribution in [3.05, 3.63) is 34.9 Å². The first-order chi connectivity index (χ1) is 8.77. The molecule has 1 atom stereocenters. The Hall–Kier alpha value is 0.200. The Morgan fingerprint density at radius 1 is 1.22 bits per heavy atom. The fourth-order valence-corrected chi connectivity index (χ4v) is 2.83. The van der Waals surface area contributed by atoms with Crippen LogP contribution in [0, 0.1) is 0 Å². The lowest BCUT2D eigenvalue weighted by molar-refractivity contribution is 0.0679. The largest absolute Gasteiger partial charge is 0.373 e. The second-order valence-corrected chi connectivity index (χ2v) is 5.80. The maximum atomic E-state index is 6.01. The standard InChI is InChI=1S/C15H22ClIO/c1-2-3-4-5-6-10-18-15(12-17)13-8-7-9-14(16)11-13/h7-9,11,15H,2-6,10,12H2,1H3. The lowest BCUT2D eigenvalue weighted by atomic mass is 10.1. The van der Waals surface area contributed by atoms with Crippen molar-refractivity contribution in [2.45, 2.75) is 45.1 Å². The van der Waals surface area contributed by atoms with E-state index < -0.39 is 0 Å².